The van der Waals surface area contributed by atoms with Crippen LogP contribution in [0.5, 0.6) is 11.5 Å². The lowest BCUT2D eigenvalue weighted by Gasteiger charge is -2.23. The second-order valence-corrected chi connectivity index (χ2v) is 4.53. The zero-order chi connectivity index (χ0) is 12.8. The molecule has 1 aliphatic rings. The van der Waals surface area contributed by atoms with Crippen molar-refractivity contribution in [3.8, 4) is 11.5 Å². The molecule has 100 valence electrons. The standard InChI is InChI=1S/C14H21NO3/c1-16-12-5-6-13(14(8-12)17-2)15-9-11-4-3-7-18-10-11/h5-6,8,11,15H,3-4,7,9-10H2,1-2H3. The van der Waals surface area contributed by atoms with Crippen molar-refractivity contribution in [2.45, 2.75) is 12.8 Å². The predicted molar refractivity (Wildman–Crippen MR) is 71.6 cm³/mol. The first-order valence-electron chi connectivity index (χ1n) is 6.37. The molecule has 4 heteroatoms. The van der Waals surface area contributed by atoms with Gasteiger partial charge in [0.15, 0.2) is 0 Å². The molecule has 2 rings (SSSR count). The molecule has 1 heterocycles. The lowest BCUT2D eigenvalue weighted by molar-refractivity contribution is 0.0595. The van der Waals surface area contributed by atoms with E-state index in [0.29, 0.717) is 5.92 Å². The number of nitrogens with one attached hydrogen (secondary N) is 1. The van der Waals surface area contributed by atoms with Crippen molar-refractivity contribution < 1.29 is 14.2 Å². The lowest BCUT2D eigenvalue weighted by Crippen LogP contribution is -2.24. The van der Waals surface area contributed by atoms with Gasteiger partial charge in [0.1, 0.15) is 11.5 Å². The molecule has 0 bridgehead atoms. The minimum absolute atomic E-state index is 0.588. The van der Waals surface area contributed by atoms with E-state index in [1.54, 1.807) is 14.2 Å². The fraction of sp³-hybridized carbons (Fsp3) is 0.571. The van der Waals surface area contributed by atoms with Crippen LogP contribution < -0.4 is 14.8 Å². The van der Waals surface area contributed by atoms with Crippen molar-refractivity contribution in [1.29, 1.82) is 0 Å². The van der Waals surface area contributed by atoms with Gasteiger partial charge in [0, 0.05) is 19.2 Å². The highest BCUT2D eigenvalue weighted by Gasteiger charge is 2.14. The molecular formula is C14H21NO3. The fourth-order valence-corrected chi connectivity index (χ4v) is 2.17. The Hall–Kier alpha value is -1.42. The van der Waals surface area contributed by atoms with Crippen molar-refractivity contribution >= 4 is 5.69 Å². The highest BCUT2D eigenvalue weighted by atomic mass is 16.5. The van der Waals surface area contributed by atoms with Gasteiger partial charge in [-0.3, -0.25) is 0 Å². The maximum atomic E-state index is 5.47. The molecule has 1 N–H and O–H groups in total. The third kappa shape index (κ3) is 3.29. The number of methoxy groups -OCH3 is 2. The summed E-state index contributed by atoms with van der Waals surface area (Å²) >= 11 is 0. The van der Waals surface area contributed by atoms with Crippen LogP contribution in [0, 0.1) is 5.92 Å². The quantitative estimate of drug-likeness (QED) is 0.873. The third-order valence-electron chi connectivity index (χ3n) is 3.24. The molecule has 18 heavy (non-hydrogen) atoms. The molecule has 1 saturated heterocycles. The first kappa shape index (κ1) is 13.0. The zero-order valence-corrected chi connectivity index (χ0v) is 11.1. The van der Waals surface area contributed by atoms with Crippen molar-refractivity contribution in [3.63, 3.8) is 0 Å². The van der Waals surface area contributed by atoms with Gasteiger partial charge >= 0.3 is 0 Å². The lowest BCUT2D eigenvalue weighted by atomic mass is 10.0. The fourth-order valence-electron chi connectivity index (χ4n) is 2.17. The molecule has 1 fully saturated rings. The topological polar surface area (TPSA) is 39.7 Å². The van der Waals surface area contributed by atoms with Crippen LogP contribution >= 0.6 is 0 Å². The molecule has 0 aromatic heterocycles. The molecule has 1 aromatic rings. The van der Waals surface area contributed by atoms with Crippen LogP contribution in [0.1, 0.15) is 12.8 Å². The number of rotatable bonds is 5. The van der Waals surface area contributed by atoms with E-state index in [1.807, 2.05) is 18.2 Å². The highest BCUT2D eigenvalue weighted by Crippen LogP contribution is 2.29. The van der Waals surface area contributed by atoms with Gasteiger partial charge in [0.25, 0.3) is 0 Å². The molecule has 1 aliphatic heterocycles. The summed E-state index contributed by atoms with van der Waals surface area (Å²) in [5.74, 6) is 2.20. The Balaban J connectivity index is 1.95. The van der Waals surface area contributed by atoms with Crippen LogP contribution in [0.4, 0.5) is 5.69 Å². The molecule has 1 atom stereocenters. The maximum absolute atomic E-state index is 5.47. The van der Waals surface area contributed by atoms with Gasteiger partial charge in [-0.05, 0) is 30.9 Å². The van der Waals surface area contributed by atoms with E-state index in [-0.39, 0.29) is 0 Å². The number of benzene rings is 1. The number of anilines is 1. The van der Waals surface area contributed by atoms with Crippen molar-refractivity contribution in [1.82, 2.24) is 0 Å². The molecule has 1 unspecified atom stereocenters. The number of ether oxygens (including phenoxy) is 3. The molecule has 0 saturated carbocycles. The smallest absolute Gasteiger partial charge is 0.145 e. The van der Waals surface area contributed by atoms with Crippen LogP contribution in [-0.2, 0) is 4.74 Å². The van der Waals surface area contributed by atoms with Gasteiger partial charge in [0.2, 0.25) is 0 Å². The van der Waals surface area contributed by atoms with E-state index >= 15 is 0 Å². The van der Waals surface area contributed by atoms with E-state index < -0.39 is 0 Å². The Labute approximate surface area is 108 Å². The molecule has 4 nitrogen and oxygen atoms in total. The van der Waals surface area contributed by atoms with Gasteiger partial charge in [0.05, 0.1) is 26.5 Å². The summed E-state index contributed by atoms with van der Waals surface area (Å²) in [5.41, 5.74) is 1.00. The predicted octanol–water partition coefficient (Wildman–Crippen LogP) is 2.54. The van der Waals surface area contributed by atoms with Gasteiger partial charge < -0.3 is 19.5 Å². The maximum Gasteiger partial charge on any atom is 0.145 e. The minimum atomic E-state index is 0.588. The van der Waals surface area contributed by atoms with Crippen molar-refractivity contribution in [2.75, 3.05) is 39.3 Å². The SMILES string of the molecule is COc1ccc(NCC2CCCOC2)c(OC)c1. The summed E-state index contributed by atoms with van der Waals surface area (Å²) in [5, 5.41) is 3.42. The summed E-state index contributed by atoms with van der Waals surface area (Å²) in [7, 11) is 3.32. The van der Waals surface area contributed by atoms with Crippen LogP contribution in [0.3, 0.4) is 0 Å². The summed E-state index contributed by atoms with van der Waals surface area (Å²) in [6.45, 7) is 2.68. The minimum Gasteiger partial charge on any atom is -0.497 e. The van der Waals surface area contributed by atoms with Crippen LogP contribution in [0.15, 0.2) is 18.2 Å². The summed E-state index contributed by atoms with van der Waals surface area (Å²) in [6.07, 6.45) is 2.39. The molecule has 0 spiro atoms. The van der Waals surface area contributed by atoms with Crippen molar-refractivity contribution in [3.05, 3.63) is 18.2 Å². The number of hydrogen-bond acceptors (Lipinski definition) is 4. The summed E-state index contributed by atoms with van der Waals surface area (Å²) in [4.78, 5) is 0. The van der Waals surface area contributed by atoms with Gasteiger partial charge in [-0.2, -0.15) is 0 Å². The normalized spacial score (nSPS) is 19.3. The van der Waals surface area contributed by atoms with Gasteiger partial charge in [-0.25, -0.2) is 0 Å². The van der Waals surface area contributed by atoms with E-state index in [2.05, 4.69) is 5.32 Å². The Morgan fingerprint density at radius 3 is 2.89 bits per heavy atom. The highest BCUT2D eigenvalue weighted by molar-refractivity contribution is 5.59. The number of hydrogen-bond donors (Lipinski definition) is 1. The van der Waals surface area contributed by atoms with Crippen LogP contribution in [-0.4, -0.2) is 34.0 Å². The second-order valence-electron chi connectivity index (χ2n) is 4.53. The third-order valence-corrected chi connectivity index (χ3v) is 3.24. The van der Waals surface area contributed by atoms with E-state index in [1.165, 1.54) is 6.42 Å². The van der Waals surface area contributed by atoms with E-state index in [9.17, 15) is 0 Å². The second kappa shape index (κ2) is 6.50. The first-order chi connectivity index (χ1) is 8.83. The Morgan fingerprint density at radius 1 is 1.33 bits per heavy atom. The summed E-state index contributed by atoms with van der Waals surface area (Å²) in [6, 6.07) is 5.81. The summed E-state index contributed by atoms with van der Waals surface area (Å²) < 4.78 is 16.0. The monoisotopic (exact) mass is 251 g/mol. The first-order valence-corrected chi connectivity index (χ1v) is 6.37. The average molecular weight is 251 g/mol. The zero-order valence-electron chi connectivity index (χ0n) is 11.1. The van der Waals surface area contributed by atoms with Gasteiger partial charge in [-0.15, -0.1) is 0 Å². The van der Waals surface area contributed by atoms with Crippen LogP contribution in [0.2, 0.25) is 0 Å². The molecule has 0 aliphatic carbocycles. The van der Waals surface area contributed by atoms with E-state index in [0.717, 1.165) is 43.4 Å². The van der Waals surface area contributed by atoms with E-state index in [4.69, 9.17) is 14.2 Å². The molecule has 0 radical (unpaired) electrons. The molecule has 0 amide bonds. The van der Waals surface area contributed by atoms with Crippen LogP contribution in [0.25, 0.3) is 0 Å². The molecular weight excluding hydrogens is 230 g/mol. The Kier molecular flexibility index (Phi) is 4.70. The Morgan fingerprint density at radius 2 is 2.22 bits per heavy atom. The Bertz CT molecular complexity index is 375. The van der Waals surface area contributed by atoms with Gasteiger partial charge in [-0.1, -0.05) is 0 Å². The average Bonchev–Trinajstić information content (AvgIpc) is 2.46. The van der Waals surface area contributed by atoms with Crippen molar-refractivity contribution in [2.24, 2.45) is 5.92 Å². The largest absolute Gasteiger partial charge is 0.497 e. The molecule has 1 aromatic carbocycles.